The summed E-state index contributed by atoms with van der Waals surface area (Å²) in [5.41, 5.74) is 0. The second-order valence-electron chi connectivity index (χ2n) is 6.65. The summed E-state index contributed by atoms with van der Waals surface area (Å²) < 4.78 is 47.9. The molecule has 0 aliphatic carbocycles. The Morgan fingerprint density at radius 2 is 1.74 bits per heavy atom. The summed E-state index contributed by atoms with van der Waals surface area (Å²) >= 11 is 0. The summed E-state index contributed by atoms with van der Waals surface area (Å²) in [5, 5.41) is 2.70. The van der Waals surface area contributed by atoms with E-state index in [0.717, 1.165) is 0 Å². The van der Waals surface area contributed by atoms with Crippen molar-refractivity contribution < 1.29 is 32.2 Å². The van der Waals surface area contributed by atoms with Gasteiger partial charge < -0.3 is 24.3 Å². The van der Waals surface area contributed by atoms with Crippen LogP contribution < -0.4 is 19.5 Å². The molecule has 10 heteroatoms. The highest BCUT2D eigenvalue weighted by Crippen LogP contribution is 2.20. The predicted molar refractivity (Wildman–Crippen MR) is 113 cm³/mol. The number of morpholine rings is 1. The molecule has 1 fully saturated rings. The number of ether oxygens (including phenoxy) is 4. The maximum atomic E-state index is 12.6. The summed E-state index contributed by atoms with van der Waals surface area (Å²) in [6, 6.07) is 13.2. The van der Waals surface area contributed by atoms with Crippen molar-refractivity contribution >= 4 is 15.9 Å². The second kappa shape index (κ2) is 11.0. The van der Waals surface area contributed by atoms with E-state index in [0.29, 0.717) is 43.6 Å². The summed E-state index contributed by atoms with van der Waals surface area (Å²) in [4.78, 5) is 12.1. The zero-order chi connectivity index (χ0) is 22.1. The fourth-order valence-corrected chi connectivity index (χ4v) is 4.30. The maximum Gasteiger partial charge on any atom is 0.258 e. The lowest BCUT2D eigenvalue weighted by atomic mass is 10.3. The molecule has 0 bridgehead atoms. The van der Waals surface area contributed by atoms with Crippen molar-refractivity contribution in [2.24, 2.45) is 0 Å². The van der Waals surface area contributed by atoms with Crippen LogP contribution >= 0.6 is 0 Å². The SMILES string of the molecule is COc1cccc(OCC(=O)NCCOc2ccc(S(=O)(=O)N3CCOCC3)cc2)c1. The van der Waals surface area contributed by atoms with Gasteiger partial charge in [0, 0.05) is 19.2 Å². The highest BCUT2D eigenvalue weighted by atomic mass is 32.2. The van der Waals surface area contributed by atoms with Crippen molar-refractivity contribution in [1.29, 1.82) is 0 Å². The number of nitrogens with zero attached hydrogens (tertiary/aromatic N) is 1. The third-order valence-corrected chi connectivity index (χ3v) is 6.45. The average molecular weight is 451 g/mol. The number of carbonyl (C=O) groups is 1. The third kappa shape index (κ3) is 6.58. The molecule has 1 amide bonds. The molecule has 0 spiro atoms. The van der Waals surface area contributed by atoms with Crippen molar-refractivity contribution in [1.82, 2.24) is 9.62 Å². The number of methoxy groups -OCH3 is 1. The van der Waals surface area contributed by atoms with Crippen LogP contribution in [0.15, 0.2) is 53.4 Å². The Morgan fingerprint density at radius 3 is 2.45 bits per heavy atom. The van der Waals surface area contributed by atoms with Gasteiger partial charge in [0.15, 0.2) is 6.61 Å². The van der Waals surface area contributed by atoms with E-state index >= 15 is 0 Å². The molecule has 0 unspecified atom stereocenters. The molecule has 2 aromatic rings. The van der Waals surface area contributed by atoms with Gasteiger partial charge >= 0.3 is 0 Å². The van der Waals surface area contributed by atoms with Crippen molar-refractivity contribution in [3.05, 3.63) is 48.5 Å². The minimum absolute atomic E-state index is 0.124. The van der Waals surface area contributed by atoms with Gasteiger partial charge in [0.25, 0.3) is 5.91 Å². The number of carbonyl (C=O) groups excluding carboxylic acids is 1. The number of sulfonamides is 1. The van der Waals surface area contributed by atoms with E-state index in [1.165, 1.54) is 16.4 Å². The first-order valence-corrected chi connectivity index (χ1v) is 11.3. The summed E-state index contributed by atoms with van der Waals surface area (Å²) in [7, 11) is -1.97. The number of nitrogens with one attached hydrogen (secondary N) is 1. The van der Waals surface area contributed by atoms with Gasteiger partial charge in [-0.3, -0.25) is 4.79 Å². The number of benzene rings is 2. The van der Waals surface area contributed by atoms with Gasteiger partial charge in [-0.15, -0.1) is 0 Å². The second-order valence-corrected chi connectivity index (χ2v) is 8.59. The van der Waals surface area contributed by atoms with E-state index in [9.17, 15) is 13.2 Å². The van der Waals surface area contributed by atoms with E-state index in [-0.39, 0.29) is 30.6 Å². The van der Waals surface area contributed by atoms with Gasteiger partial charge in [0.1, 0.15) is 23.9 Å². The molecular weight excluding hydrogens is 424 g/mol. The Kier molecular flexibility index (Phi) is 8.10. The van der Waals surface area contributed by atoms with Crippen LogP contribution in [-0.4, -0.2) is 71.8 Å². The molecule has 1 N–H and O–H groups in total. The third-order valence-electron chi connectivity index (χ3n) is 4.54. The Balaban J connectivity index is 1.39. The molecule has 168 valence electrons. The lowest BCUT2D eigenvalue weighted by Crippen LogP contribution is -2.40. The number of rotatable bonds is 10. The van der Waals surface area contributed by atoms with Crippen LogP contribution in [-0.2, 0) is 19.6 Å². The number of hydrogen-bond donors (Lipinski definition) is 1. The Hall–Kier alpha value is -2.82. The van der Waals surface area contributed by atoms with Crippen LogP contribution in [0.4, 0.5) is 0 Å². The Labute approximate surface area is 181 Å². The standard InChI is InChI=1S/C21H26N2O7S/c1-27-18-3-2-4-19(15-18)30-16-21(24)22-9-12-29-17-5-7-20(8-6-17)31(25,26)23-10-13-28-14-11-23/h2-8,15H,9-14,16H2,1H3,(H,22,24). The molecule has 31 heavy (non-hydrogen) atoms. The monoisotopic (exact) mass is 450 g/mol. The molecule has 1 saturated heterocycles. The molecule has 3 rings (SSSR count). The highest BCUT2D eigenvalue weighted by Gasteiger charge is 2.26. The van der Waals surface area contributed by atoms with Crippen molar-refractivity contribution in [2.45, 2.75) is 4.90 Å². The van der Waals surface area contributed by atoms with Crippen LogP contribution in [0.25, 0.3) is 0 Å². The fraction of sp³-hybridized carbons (Fsp3) is 0.381. The van der Waals surface area contributed by atoms with Crippen LogP contribution in [0.5, 0.6) is 17.2 Å². The molecule has 1 aliphatic rings. The summed E-state index contributed by atoms with van der Waals surface area (Å²) in [6.07, 6.45) is 0. The number of hydrogen-bond acceptors (Lipinski definition) is 7. The Bertz CT molecular complexity index is 958. The summed E-state index contributed by atoms with van der Waals surface area (Å²) in [6.45, 7) is 1.90. The topological polar surface area (TPSA) is 103 Å². The average Bonchev–Trinajstić information content (AvgIpc) is 2.81. The van der Waals surface area contributed by atoms with Gasteiger partial charge in [0.2, 0.25) is 10.0 Å². The van der Waals surface area contributed by atoms with Crippen LogP contribution in [0.1, 0.15) is 0 Å². The van der Waals surface area contributed by atoms with Crippen molar-refractivity contribution in [3.63, 3.8) is 0 Å². The quantitative estimate of drug-likeness (QED) is 0.544. The first kappa shape index (κ1) is 22.9. The first-order chi connectivity index (χ1) is 15.0. The lowest BCUT2D eigenvalue weighted by molar-refractivity contribution is -0.123. The zero-order valence-corrected chi connectivity index (χ0v) is 18.1. The zero-order valence-electron chi connectivity index (χ0n) is 17.3. The van der Waals surface area contributed by atoms with Crippen molar-refractivity contribution in [2.75, 3.05) is 53.2 Å². The predicted octanol–water partition coefficient (Wildman–Crippen LogP) is 1.29. The van der Waals surface area contributed by atoms with Gasteiger partial charge in [0.05, 0.1) is 31.8 Å². The van der Waals surface area contributed by atoms with E-state index in [1.807, 2.05) is 0 Å². The number of amides is 1. The smallest absolute Gasteiger partial charge is 0.258 e. The first-order valence-electron chi connectivity index (χ1n) is 9.83. The summed E-state index contributed by atoms with van der Waals surface area (Å²) in [5.74, 6) is 1.43. The molecule has 0 aromatic heterocycles. The highest BCUT2D eigenvalue weighted by molar-refractivity contribution is 7.89. The largest absolute Gasteiger partial charge is 0.497 e. The minimum Gasteiger partial charge on any atom is -0.497 e. The molecule has 0 saturated carbocycles. The lowest BCUT2D eigenvalue weighted by Gasteiger charge is -2.26. The Morgan fingerprint density at radius 1 is 1.03 bits per heavy atom. The normalized spacial score (nSPS) is 14.6. The van der Waals surface area contributed by atoms with E-state index in [4.69, 9.17) is 18.9 Å². The van der Waals surface area contributed by atoms with Crippen LogP contribution in [0.2, 0.25) is 0 Å². The maximum absolute atomic E-state index is 12.6. The van der Waals surface area contributed by atoms with Gasteiger partial charge in [-0.1, -0.05) is 6.07 Å². The van der Waals surface area contributed by atoms with E-state index in [1.54, 1.807) is 43.5 Å². The van der Waals surface area contributed by atoms with E-state index < -0.39 is 10.0 Å². The molecule has 0 radical (unpaired) electrons. The van der Waals surface area contributed by atoms with Crippen LogP contribution in [0, 0.1) is 0 Å². The molecular formula is C21H26N2O7S. The van der Waals surface area contributed by atoms with E-state index in [2.05, 4.69) is 5.32 Å². The van der Waals surface area contributed by atoms with Gasteiger partial charge in [-0.05, 0) is 36.4 Å². The molecule has 0 atom stereocenters. The van der Waals surface area contributed by atoms with Crippen LogP contribution in [0.3, 0.4) is 0 Å². The minimum atomic E-state index is -3.53. The fourth-order valence-electron chi connectivity index (χ4n) is 2.89. The van der Waals surface area contributed by atoms with Crippen molar-refractivity contribution in [3.8, 4) is 17.2 Å². The van der Waals surface area contributed by atoms with Gasteiger partial charge in [-0.25, -0.2) is 8.42 Å². The molecule has 2 aromatic carbocycles. The molecule has 1 aliphatic heterocycles. The molecule has 9 nitrogen and oxygen atoms in total. The molecule has 1 heterocycles. The van der Waals surface area contributed by atoms with Gasteiger partial charge in [-0.2, -0.15) is 4.31 Å².